The van der Waals surface area contributed by atoms with Gasteiger partial charge in [-0.15, -0.1) is 0 Å². The van der Waals surface area contributed by atoms with Gasteiger partial charge in [-0.3, -0.25) is 14.6 Å². The molecular formula is C24H22FN3O4. The number of carbonyl (C=O) groups excluding carboxylic acids is 2. The van der Waals surface area contributed by atoms with Crippen molar-refractivity contribution in [1.82, 2.24) is 9.88 Å². The highest BCUT2D eigenvalue weighted by atomic mass is 19.1. The fourth-order valence-corrected chi connectivity index (χ4v) is 3.67. The predicted octanol–water partition coefficient (Wildman–Crippen LogP) is 2.93. The molecule has 8 heteroatoms. The van der Waals surface area contributed by atoms with E-state index < -0.39 is 18.0 Å². The predicted molar refractivity (Wildman–Crippen MR) is 115 cm³/mol. The highest BCUT2D eigenvalue weighted by molar-refractivity contribution is 6.04. The molecule has 32 heavy (non-hydrogen) atoms. The Kier molecular flexibility index (Phi) is 6.53. The fourth-order valence-electron chi connectivity index (χ4n) is 3.67. The molecular weight excluding hydrogens is 413 g/mol. The number of halogens is 1. The standard InChI is InChI=1S/C24H22FN3O4/c25-19-7-3-18(4-8-19)24(31)27-20-9-5-17(6-10-20)23-21(14-29)28(22(30)15-32-23)13-16-2-1-11-26-12-16/h1-12,21,23,29H,13-15H2,(H,27,31). The monoisotopic (exact) mass is 435 g/mol. The zero-order chi connectivity index (χ0) is 22.5. The number of aromatic nitrogens is 1. The number of ether oxygens (including phenoxy) is 1. The van der Waals surface area contributed by atoms with E-state index in [1.165, 1.54) is 24.3 Å². The molecule has 1 aliphatic heterocycles. The SMILES string of the molecule is O=C(Nc1ccc(C2OCC(=O)N(Cc3cccnc3)C2CO)cc1)c1ccc(F)cc1. The van der Waals surface area contributed by atoms with Gasteiger partial charge in [-0.2, -0.15) is 0 Å². The summed E-state index contributed by atoms with van der Waals surface area (Å²) in [4.78, 5) is 30.5. The zero-order valence-electron chi connectivity index (χ0n) is 17.1. The van der Waals surface area contributed by atoms with Gasteiger partial charge in [0.25, 0.3) is 5.91 Å². The lowest BCUT2D eigenvalue weighted by atomic mass is 9.98. The third kappa shape index (κ3) is 4.82. The van der Waals surface area contributed by atoms with Gasteiger partial charge in [0.2, 0.25) is 5.91 Å². The molecule has 1 fully saturated rings. The Bertz CT molecular complexity index is 1070. The van der Waals surface area contributed by atoms with Gasteiger partial charge in [0, 0.05) is 30.2 Å². The lowest BCUT2D eigenvalue weighted by Gasteiger charge is -2.40. The van der Waals surface area contributed by atoms with Crippen molar-refractivity contribution < 1.29 is 23.8 Å². The number of hydrogen-bond acceptors (Lipinski definition) is 5. The number of nitrogens with zero attached hydrogens (tertiary/aromatic N) is 2. The second kappa shape index (κ2) is 9.67. The number of rotatable bonds is 6. The van der Waals surface area contributed by atoms with Crippen LogP contribution in [0.5, 0.6) is 0 Å². The summed E-state index contributed by atoms with van der Waals surface area (Å²) in [5.41, 5.74) is 2.53. The fraction of sp³-hybridized carbons (Fsp3) is 0.208. The molecule has 2 heterocycles. The third-order valence-electron chi connectivity index (χ3n) is 5.32. The van der Waals surface area contributed by atoms with Crippen LogP contribution in [0, 0.1) is 5.82 Å². The van der Waals surface area contributed by atoms with Gasteiger partial charge < -0.3 is 20.1 Å². The first-order valence-corrected chi connectivity index (χ1v) is 10.1. The van der Waals surface area contributed by atoms with Crippen LogP contribution in [0.1, 0.15) is 27.6 Å². The summed E-state index contributed by atoms with van der Waals surface area (Å²) in [7, 11) is 0. The van der Waals surface area contributed by atoms with Crippen LogP contribution < -0.4 is 5.32 Å². The average molecular weight is 435 g/mol. The highest BCUT2D eigenvalue weighted by Crippen LogP contribution is 2.31. The molecule has 2 amide bonds. The molecule has 3 aromatic rings. The number of aliphatic hydroxyl groups excluding tert-OH is 1. The van der Waals surface area contributed by atoms with E-state index in [4.69, 9.17) is 4.74 Å². The van der Waals surface area contributed by atoms with Crippen LogP contribution in [0.3, 0.4) is 0 Å². The van der Waals surface area contributed by atoms with Crippen LogP contribution in [0.25, 0.3) is 0 Å². The topological polar surface area (TPSA) is 91.8 Å². The van der Waals surface area contributed by atoms with E-state index in [1.54, 1.807) is 47.6 Å². The zero-order valence-corrected chi connectivity index (χ0v) is 17.1. The van der Waals surface area contributed by atoms with Crippen molar-refractivity contribution in [3.63, 3.8) is 0 Å². The van der Waals surface area contributed by atoms with Crippen molar-refractivity contribution in [1.29, 1.82) is 0 Å². The number of pyridine rings is 1. The van der Waals surface area contributed by atoms with Crippen LogP contribution in [-0.2, 0) is 16.1 Å². The van der Waals surface area contributed by atoms with E-state index in [2.05, 4.69) is 10.3 Å². The Morgan fingerprint density at radius 3 is 2.56 bits per heavy atom. The molecule has 4 rings (SSSR count). The van der Waals surface area contributed by atoms with Crippen LogP contribution >= 0.6 is 0 Å². The number of aliphatic hydroxyl groups is 1. The molecule has 0 spiro atoms. The van der Waals surface area contributed by atoms with E-state index in [0.29, 0.717) is 17.8 Å². The maximum absolute atomic E-state index is 13.0. The summed E-state index contributed by atoms with van der Waals surface area (Å²) in [6.45, 7) is -0.0340. The van der Waals surface area contributed by atoms with Crippen LogP contribution in [0.4, 0.5) is 10.1 Å². The Morgan fingerprint density at radius 1 is 1.16 bits per heavy atom. The average Bonchev–Trinajstić information content (AvgIpc) is 2.82. The van der Waals surface area contributed by atoms with Crippen molar-refractivity contribution in [2.45, 2.75) is 18.7 Å². The summed E-state index contributed by atoms with van der Waals surface area (Å²) in [5, 5.41) is 12.8. The van der Waals surface area contributed by atoms with Gasteiger partial charge in [0.1, 0.15) is 18.5 Å². The van der Waals surface area contributed by atoms with Crippen molar-refractivity contribution >= 4 is 17.5 Å². The van der Waals surface area contributed by atoms with E-state index >= 15 is 0 Å². The first kappa shape index (κ1) is 21.6. The van der Waals surface area contributed by atoms with Gasteiger partial charge in [-0.05, 0) is 53.6 Å². The summed E-state index contributed by atoms with van der Waals surface area (Å²) in [5.74, 6) is -0.964. The summed E-state index contributed by atoms with van der Waals surface area (Å²) in [6, 6.07) is 15.4. The van der Waals surface area contributed by atoms with Crippen molar-refractivity contribution in [2.75, 3.05) is 18.5 Å². The highest BCUT2D eigenvalue weighted by Gasteiger charge is 2.37. The maximum atomic E-state index is 13.0. The Labute approximate surface area is 184 Å². The lowest BCUT2D eigenvalue weighted by molar-refractivity contribution is -0.162. The molecule has 2 atom stereocenters. The second-order valence-electron chi connectivity index (χ2n) is 7.45. The van der Waals surface area contributed by atoms with Gasteiger partial charge in [0.05, 0.1) is 12.6 Å². The Balaban J connectivity index is 1.47. The molecule has 2 N–H and O–H groups in total. The normalized spacial score (nSPS) is 18.4. The van der Waals surface area contributed by atoms with Crippen molar-refractivity contribution in [3.05, 3.63) is 95.6 Å². The van der Waals surface area contributed by atoms with E-state index in [9.17, 15) is 19.1 Å². The number of benzene rings is 2. The van der Waals surface area contributed by atoms with Gasteiger partial charge >= 0.3 is 0 Å². The molecule has 0 saturated carbocycles. The van der Waals surface area contributed by atoms with Crippen molar-refractivity contribution in [3.8, 4) is 0 Å². The molecule has 0 radical (unpaired) electrons. The van der Waals surface area contributed by atoms with Crippen LogP contribution in [-0.4, -0.2) is 46.1 Å². The lowest BCUT2D eigenvalue weighted by Crippen LogP contribution is -2.52. The number of anilines is 1. The van der Waals surface area contributed by atoms with Gasteiger partial charge in [-0.1, -0.05) is 18.2 Å². The molecule has 7 nitrogen and oxygen atoms in total. The van der Waals surface area contributed by atoms with E-state index in [-0.39, 0.29) is 25.0 Å². The molecule has 2 aromatic carbocycles. The number of carbonyl (C=O) groups is 2. The van der Waals surface area contributed by atoms with Crippen LogP contribution in [0.15, 0.2) is 73.1 Å². The summed E-state index contributed by atoms with van der Waals surface area (Å²) in [6.07, 6.45) is 2.83. The summed E-state index contributed by atoms with van der Waals surface area (Å²) >= 11 is 0. The van der Waals surface area contributed by atoms with Gasteiger partial charge in [0.15, 0.2) is 0 Å². The van der Waals surface area contributed by atoms with Crippen LogP contribution in [0.2, 0.25) is 0 Å². The quantitative estimate of drug-likeness (QED) is 0.621. The molecule has 0 aliphatic carbocycles. The van der Waals surface area contributed by atoms with Gasteiger partial charge in [-0.25, -0.2) is 4.39 Å². The minimum atomic E-state index is -0.559. The van der Waals surface area contributed by atoms with Crippen molar-refractivity contribution in [2.24, 2.45) is 0 Å². The number of nitrogens with one attached hydrogen (secondary N) is 1. The second-order valence-corrected chi connectivity index (χ2v) is 7.45. The number of amides is 2. The summed E-state index contributed by atoms with van der Waals surface area (Å²) < 4.78 is 18.8. The molecule has 164 valence electrons. The maximum Gasteiger partial charge on any atom is 0.255 e. The molecule has 1 aliphatic rings. The van der Waals surface area contributed by atoms with E-state index in [1.807, 2.05) is 6.07 Å². The largest absolute Gasteiger partial charge is 0.394 e. The Hall–Kier alpha value is -3.62. The molecule has 1 aromatic heterocycles. The third-order valence-corrected chi connectivity index (χ3v) is 5.32. The minimum Gasteiger partial charge on any atom is -0.394 e. The molecule has 2 unspecified atom stereocenters. The van der Waals surface area contributed by atoms with E-state index in [0.717, 1.165) is 11.1 Å². The molecule has 1 saturated heterocycles. The number of hydrogen-bond donors (Lipinski definition) is 2. The molecule has 0 bridgehead atoms. The Morgan fingerprint density at radius 2 is 1.91 bits per heavy atom. The first-order valence-electron chi connectivity index (χ1n) is 10.1. The smallest absolute Gasteiger partial charge is 0.255 e. The first-order chi connectivity index (χ1) is 15.5. The number of morpholine rings is 1. The minimum absolute atomic E-state index is 0.0928.